The summed E-state index contributed by atoms with van der Waals surface area (Å²) >= 11 is 0. The van der Waals surface area contributed by atoms with Crippen molar-refractivity contribution < 1.29 is 9.59 Å². The van der Waals surface area contributed by atoms with Gasteiger partial charge in [-0.15, -0.1) is 0 Å². The average molecular weight is 389 g/mol. The minimum absolute atomic E-state index is 0.123. The molecule has 0 atom stereocenters. The molecule has 29 heavy (non-hydrogen) atoms. The molecule has 4 aliphatic carbocycles. The molecule has 0 aliphatic heterocycles. The van der Waals surface area contributed by atoms with Crippen molar-refractivity contribution in [1.29, 1.82) is 0 Å². The van der Waals surface area contributed by atoms with Crippen LogP contribution in [-0.2, 0) is 11.3 Å². The van der Waals surface area contributed by atoms with Crippen LogP contribution in [-0.4, -0.2) is 16.8 Å². The van der Waals surface area contributed by atoms with E-state index in [9.17, 15) is 9.59 Å². The minimum Gasteiger partial charge on any atom is -0.352 e. The van der Waals surface area contributed by atoms with Gasteiger partial charge in [0.15, 0.2) is 0 Å². The Balaban J connectivity index is 1.22. The van der Waals surface area contributed by atoms with Crippen LogP contribution in [0, 0.1) is 23.2 Å². The van der Waals surface area contributed by atoms with Crippen LogP contribution in [0.4, 0.5) is 5.69 Å². The van der Waals surface area contributed by atoms with Crippen LogP contribution < -0.4 is 10.6 Å². The van der Waals surface area contributed by atoms with E-state index in [-0.39, 0.29) is 17.2 Å². The number of nitrogens with one attached hydrogen (secondary N) is 2. The molecule has 4 aliphatic rings. The lowest BCUT2D eigenvalue weighted by atomic mass is 9.49. The number of hydrogen-bond donors (Lipinski definition) is 2. The number of hydrogen-bond acceptors (Lipinski definition) is 3. The number of carbonyl (C=O) groups is 2. The number of carbonyl (C=O) groups excluding carboxylic acids is 2. The molecule has 0 saturated heterocycles. The number of aromatic nitrogens is 1. The van der Waals surface area contributed by atoms with Gasteiger partial charge in [-0.05, 0) is 86.1 Å². The van der Waals surface area contributed by atoms with Gasteiger partial charge in [0.25, 0.3) is 5.91 Å². The monoisotopic (exact) mass is 389 g/mol. The first kappa shape index (κ1) is 18.3. The Morgan fingerprint density at radius 3 is 2.28 bits per heavy atom. The van der Waals surface area contributed by atoms with Gasteiger partial charge in [0, 0.05) is 35.6 Å². The van der Waals surface area contributed by atoms with Crippen LogP contribution in [0.25, 0.3) is 0 Å². The number of pyridine rings is 1. The smallest absolute Gasteiger partial charge is 0.255 e. The summed E-state index contributed by atoms with van der Waals surface area (Å²) in [6, 6.07) is 11.1. The lowest BCUT2D eigenvalue weighted by Gasteiger charge is -2.55. The van der Waals surface area contributed by atoms with Gasteiger partial charge < -0.3 is 10.6 Å². The molecule has 4 fully saturated rings. The number of anilines is 1. The van der Waals surface area contributed by atoms with E-state index in [1.807, 2.05) is 24.3 Å². The van der Waals surface area contributed by atoms with Gasteiger partial charge in [0.2, 0.25) is 5.91 Å². The number of nitrogens with zero attached hydrogens (tertiary/aromatic N) is 1. The maximum atomic E-state index is 13.1. The van der Waals surface area contributed by atoms with E-state index in [4.69, 9.17) is 0 Å². The van der Waals surface area contributed by atoms with Gasteiger partial charge in [0.1, 0.15) is 0 Å². The molecule has 0 spiro atoms. The molecule has 1 aromatic carbocycles. The molecule has 4 bridgehead atoms. The highest BCUT2D eigenvalue weighted by Crippen LogP contribution is 2.60. The van der Waals surface area contributed by atoms with E-state index in [0.29, 0.717) is 12.1 Å². The van der Waals surface area contributed by atoms with Crippen molar-refractivity contribution in [2.75, 3.05) is 5.32 Å². The summed E-state index contributed by atoms with van der Waals surface area (Å²) in [4.78, 5) is 29.4. The average Bonchev–Trinajstić information content (AvgIpc) is 2.72. The summed E-state index contributed by atoms with van der Waals surface area (Å²) in [5.74, 6) is 2.36. The van der Waals surface area contributed by atoms with Gasteiger partial charge in [-0.1, -0.05) is 12.1 Å². The van der Waals surface area contributed by atoms with Crippen molar-refractivity contribution >= 4 is 17.5 Å². The summed E-state index contributed by atoms with van der Waals surface area (Å²) in [7, 11) is 0. The second-order valence-corrected chi connectivity index (χ2v) is 9.27. The van der Waals surface area contributed by atoms with Crippen molar-refractivity contribution in [3.8, 4) is 0 Å². The van der Waals surface area contributed by atoms with Crippen LogP contribution in [0.3, 0.4) is 0 Å². The molecule has 5 heteroatoms. The highest BCUT2D eigenvalue weighted by molar-refractivity contribution is 6.04. The maximum Gasteiger partial charge on any atom is 0.255 e. The highest BCUT2D eigenvalue weighted by Gasteiger charge is 2.54. The van der Waals surface area contributed by atoms with E-state index in [2.05, 4.69) is 15.6 Å². The molecule has 6 rings (SSSR count). The molecule has 0 radical (unpaired) electrons. The fraction of sp³-hybridized carbons (Fsp3) is 0.458. The first-order valence-electron chi connectivity index (χ1n) is 10.7. The Hall–Kier alpha value is -2.69. The third-order valence-electron chi connectivity index (χ3n) is 7.10. The van der Waals surface area contributed by atoms with E-state index in [1.54, 1.807) is 24.5 Å². The van der Waals surface area contributed by atoms with Gasteiger partial charge in [-0.2, -0.15) is 0 Å². The molecule has 5 nitrogen and oxygen atoms in total. The van der Waals surface area contributed by atoms with Crippen LogP contribution in [0.5, 0.6) is 0 Å². The molecular formula is C24H27N3O2. The van der Waals surface area contributed by atoms with Crippen molar-refractivity contribution in [3.63, 3.8) is 0 Å². The Morgan fingerprint density at radius 1 is 0.966 bits per heavy atom. The van der Waals surface area contributed by atoms with Crippen LogP contribution in [0.2, 0.25) is 0 Å². The lowest BCUT2D eigenvalue weighted by Crippen LogP contribution is -2.53. The fourth-order valence-electron chi connectivity index (χ4n) is 6.22. The molecule has 0 unspecified atom stereocenters. The molecule has 4 saturated carbocycles. The molecule has 2 N–H and O–H groups in total. The topological polar surface area (TPSA) is 71.1 Å². The molecule has 1 heterocycles. The summed E-state index contributed by atoms with van der Waals surface area (Å²) in [6.45, 7) is 0.500. The third kappa shape index (κ3) is 3.66. The van der Waals surface area contributed by atoms with Crippen molar-refractivity contribution in [3.05, 3.63) is 59.9 Å². The maximum absolute atomic E-state index is 13.1. The summed E-state index contributed by atoms with van der Waals surface area (Å²) in [6.07, 6.45) is 10.5. The zero-order chi connectivity index (χ0) is 19.8. The predicted octanol–water partition coefficient (Wildman–Crippen LogP) is 4.17. The second kappa shape index (κ2) is 7.29. The predicted molar refractivity (Wildman–Crippen MR) is 111 cm³/mol. The van der Waals surface area contributed by atoms with Crippen molar-refractivity contribution in [2.24, 2.45) is 23.2 Å². The summed E-state index contributed by atoms with van der Waals surface area (Å²) < 4.78 is 0. The largest absolute Gasteiger partial charge is 0.352 e. The molecule has 1 aromatic heterocycles. The molecular weight excluding hydrogens is 362 g/mol. The Labute approximate surface area is 171 Å². The normalized spacial score (nSPS) is 29.4. The first-order valence-corrected chi connectivity index (χ1v) is 10.7. The Kier molecular flexibility index (Phi) is 4.61. The second-order valence-electron chi connectivity index (χ2n) is 9.27. The third-order valence-corrected chi connectivity index (χ3v) is 7.10. The van der Waals surface area contributed by atoms with E-state index >= 15 is 0 Å². The highest BCUT2D eigenvalue weighted by atomic mass is 16.2. The number of benzene rings is 1. The van der Waals surface area contributed by atoms with Gasteiger partial charge in [0.05, 0.1) is 0 Å². The fourth-order valence-corrected chi connectivity index (χ4v) is 6.22. The van der Waals surface area contributed by atoms with Gasteiger partial charge in [-0.25, -0.2) is 0 Å². The van der Waals surface area contributed by atoms with E-state index in [1.165, 1.54) is 19.3 Å². The van der Waals surface area contributed by atoms with Crippen LogP contribution in [0.15, 0.2) is 48.8 Å². The molecule has 150 valence electrons. The lowest BCUT2D eigenvalue weighted by molar-refractivity contribution is -0.146. The molecule has 2 aromatic rings. The number of rotatable bonds is 5. The van der Waals surface area contributed by atoms with E-state index < -0.39 is 0 Å². The van der Waals surface area contributed by atoms with Gasteiger partial charge in [-0.3, -0.25) is 14.6 Å². The van der Waals surface area contributed by atoms with Crippen LogP contribution in [0.1, 0.15) is 54.4 Å². The number of amides is 2. The first-order chi connectivity index (χ1) is 14.1. The van der Waals surface area contributed by atoms with Gasteiger partial charge >= 0.3 is 0 Å². The summed E-state index contributed by atoms with van der Waals surface area (Å²) in [5.41, 5.74) is 2.17. The Morgan fingerprint density at radius 2 is 1.62 bits per heavy atom. The zero-order valence-electron chi connectivity index (χ0n) is 16.6. The standard InChI is InChI=1S/C24H27N3O2/c28-22(20-4-6-25-7-5-20)27-21-3-1-2-16(11-21)15-26-23(29)24-12-17-8-18(13-24)10-19(9-17)14-24/h1-7,11,17-19H,8-10,12-15H2,(H,26,29)(H,27,28). The Bertz CT molecular complexity index is 889. The van der Waals surface area contributed by atoms with Crippen molar-refractivity contribution in [1.82, 2.24) is 10.3 Å². The van der Waals surface area contributed by atoms with E-state index in [0.717, 1.165) is 48.3 Å². The quantitative estimate of drug-likeness (QED) is 0.806. The molecule has 2 amide bonds. The SMILES string of the molecule is O=C(Nc1cccc(CNC(=O)C23CC4CC(CC(C4)C2)C3)c1)c1ccncc1. The van der Waals surface area contributed by atoms with Crippen molar-refractivity contribution in [2.45, 2.75) is 45.1 Å². The zero-order valence-corrected chi connectivity index (χ0v) is 16.6. The van der Waals surface area contributed by atoms with Crippen LogP contribution >= 0.6 is 0 Å². The minimum atomic E-state index is -0.165. The summed E-state index contributed by atoms with van der Waals surface area (Å²) in [5, 5.41) is 6.12.